The number of carbonyl (C=O) groups is 2. The summed E-state index contributed by atoms with van der Waals surface area (Å²) in [5.41, 5.74) is 5.25. The second kappa shape index (κ2) is 6.89. The summed E-state index contributed by atoms with van der Waals surface area (Å²) in [4.78, 5) is 28.4. The van der Waals surface area contributed by atoms with Gasteiger partial charge in [0.05, 0.1) is 11.3 Å². The first kappa shape index (κ1) is 17.9. The SMILES string of the molecule is CSc1ccc(C2CC(=O)N(c3cc(C)cc(C)c3)C3=C2C(=O)OC3)cc1. The van der Waals surface area contributed by atoms with Crippen LogP contribution >= 0.6 is 11.8 Å². The van der Waals surface area contributed by atoms with Gasteiger partial charge in [-0.25, -0.2) is 4.79 Å². The van der Waals surface area contributed by atoms with Crippen LogP contribution in [0.1, 0.15) is 29.0 Å². The first-order chi connectivity index (χ1) is 13.0. The quantitative estimate of drug-likeness (QED) is 0.587. The maximum Gasteiger partial charge on any atom is 0.336 e. The van der Waals surface area contributed by atoms with Gasteiger partial charge in [0.2, 0.25) is 5.91 Å². The number of anilines is 1. The van der Waals surface area contributed by atoms with Crippen molar-refractivity contribution in [3.05, 3.63) is 70.4 Å². The van der Waals surface area contributed by atoms with Crippen LogP contribution in [0.25, 0.3) is 0 Å². The molecular weight excluding hydrogens is 358 g/mol. The molecule has 2 aromatic carbocycles. The Bertz CT molecular complexity index is 942. The number of rotatable bonds is 3. The highest BCUT2D eigenvalue weighted by molar-refractivity contribution is 7.98. The topological polar surface area (TPSA) is 46.6 Å². The molecule has 1 atom stereocenters. The minimum Gasteiger partial charge on any atom is -0.456 e. The van der Waals surface area contributed by atoms with Crippen molar-refractivity contribution in [3.63, 3.8) is 0 Å². The summed E-state index contributed by atoms with van der Waals surface area (Å²) < 4.78 is 5.35. The number of nitrogens with zero attached hydrogens (tertiary/aromatic N) is 1. The van der Waals surface area contributed by atoms with Gasteiger partial charge in [-0.05, 0) is 61.1 Å². The van der Waals surface area contributed by atoms with Gasteiger partial charge in [0.25, 0.3) is 0 Å². The molecule has 0 bridgehead atoms. The van der Waals surface area contributed by atoms with Gasteiger partial charge in [-0.15, -0.1) is 11.8 Å². The monoisotopic (exact) mass is 379 g/mol. The van der Waals surface area contributed by atoms with E-state index in [4.69, 9.17) is 4.74 Å². The van der Waals surface area contributed by atoms with Crippen LogP contribution in [0.15, 0.2) is 58.6 Å². The Balaban J connectivity index is 1.81. The van der Waals surface area contributed by atoms with Crippen LogP contribution in [0.2, 0.25) is 0 Å². The number of benzene rings is 2. The molecule has 0 radical (unpaired) electrons. The Hall–Kier alpha value is -2.53. The summed E-state index contributed by atoms with van der Waals surface area (Å²) >= 11 is 1.67. The molecule has 0 N–H and O–H groups in total. The zero-order chi connectivity index (χ0) is 19.1. The van der Waals surface area contributed by atoms with Gasteiger partial charge in [0.1, 0.15) is 6.61 Å². The first-order valence-corrected chi connectivity index (χ1v) is 10.2. The summed E-state index contributed by atoms with van der Waals surface area (Å²) in [6, 6.07) is 14.1. The number of ether oxygens (including phenoxy) is 1. The second-order valence-corrected chi connectivity index (χ2v) is 7.92. The van der Waals surface area contributed by atoms with Gasteiger partial charge < -0.3 is 4.74 Å². The number of cyclic esters (lactones) is 1. The molecule has 1 unspecified atom stereocenters. The van der Waals surface area contributed by atoms with E-state index in [1.165, 1.54) is 0 Å². The molecular formula is C22H21NO3S. The molecule has 138 valence electrons. The minimum atomic E-state index is -0.314. The Morgan fingerprint density at radius 2 is 1.70 bits per heavy atom. The van der Waals surface area contributed by atoms with Crippen molar-refractivity contribution in [1.82, 2.24) is 0 Å². The van der Waals surface area contributed by atoms with Crippen LogP contribution in [-0.2, 0) is 14.3 Å². The van der Waals surface area contributed by atoms with Crippen molar-refractivity contribution in [2.45, 2.75) is 31.1 Å². The van der Waals surface area contributed by atoms with Crippen molar-refractivity contribution in [2.75, 3.05) is 17.8 Å². The fourth-order valence-electron chi connectivity index (χ4n) is 3.95. The molecule has 27 heavy (non-hydrogen) atoms. The Kier molecular flexibility index (Phi) is 4.56. The average Bonchev–Trinajstić information content (AvgIpc) is 3.02. The third-order valence-corrected chi connectivity index (χ3v) is 5.84. The number of thioether (sulfide) groups is 1. The fourth-order valence-corrected chi connectivity index (χ4v) is 4.36. The van der Waals surface area contributed by atoms with Crippen LogP contribution in [0.5, 0.6) is 0 Å². The smallest absolute Gasteiger partial charge is 0.336 e. The van der Waals surface area contributed by atoms with E-state index in [9.17, 15) is 9.59 Å². The maximum absolute atomic E-state index is 13.1. The summed E-state index contributed by atoms with van der Waals surface area (Å²) in [7, 11) is 0. The highest BCUT2D eigenvalue weighted by atomic mass is 32.2. The highest BCUT2D eigenvalue weighted by Gasteiger charge is 2.42. The highest BCUT2D eigenvalue weighted by Crippen LogP contribution is 2.42. The van der Waals surface area contributed by atoms with Crippen LogP contribution in [0.4, 0.5) is 5.69 Å². The van der Waals surface area contributed by atoms with Gasteiger partial charge in [-0.3, -0.25) is 9.69 Å². The number of amides is 1. The standard InChI is InChI=1S/C22H21NO3S/c1-13-8-14(2)10-16(9-13)23-19-12-26-22(25)21(19)18(11-20(23)24)15-4-6-17(27-3)7-5-15/h4-10,18H,11-12H2,1-3H3. The lowest BCUT2D eigenvalue weighted by molar-refractivity contribution is -0.136. The van der Waals surface area contributed by atoms with E-state index >= 15 is 0 Å². The van der Waals surface area contributed by atoms with Gasteiger partial charge in [-0.1, -0.05) is 18.2 Å². The molecule has 0 aliphatic carbocycles. The van der Waals surface area contributed by atoms with Crippen molar-refractivity contribution in [3.8, 4) is 0 Å². The van der Waals surface area contributed by atoms with E-state index in [0.717, 1.165) is 27.3 Å². The summed E-state index contributed by atoms with van der Waals surface area (Å²) in [6.45, 7) is 4.16. The normalized spacial score (nSPS) is 19.4. The molecule has 2 aliphatic heterocycles. The summed E-state index contributed by atoms with van der Waals surface area (Å²) in [6.07, 6.45) is 2.29. The van der Waals surface area contributed by atoms with Crippen LogP contribution < -0.4 is 4.90 Å². The van der Waals surface area contributed by atoms with E-state index in [-0.39, 0.29) is 30.8 Å². The molecule has 0 saturated carbocycles. The van der Waals surface area contributed by atoms with Crippen LogP contribution in [-0.4, -0.2) is 24.7 Å². The average molecular weight is 379 g/mol. The van der Waals surface area contributed by atoms with Gasteiger partial charge in [0, 0.05) is 22.9 Å². The molecule has 5 heteroatoms. The Morgan fingerprint density at radius 1 is 1.04 bits per heavy atom. The summed E-state index contributed by atoms with van der Waals surface area (Å²) in [5, 5.41) is 0. The van der Waals surface area contributed by atoms with E-state index in [2.05, 4.69) is 6.07 Å². The lowest BCUT2D eigenvalue weighted by atomic mass is 9.84. The van der Waals surface area contributed by atoms with E-state index in [1.54, 1.807) is 16.7 Å². The van der Waals surface area contributed by atoms with E-state index in [0.29, 0.717) is 11.3 Å². The third-order valence-electron chi connectivity index (χ3n) is 5.10. The molecule has 4 nitrogen and oxygen atoms in total. The van der Waals surface area contributed by atoms with Crippen molar-refractivity contribution in [1.29, 1.82) is 0 Å². The largest absolute Gasteiger partial charge is 0.456 e. The van der Waals surface area contributed by atoms with Crippen LogP contribution in [0.3, 0.4) is 0 Å². The zero-order valence-electron chi connectivity index (χ0n) is 15.6. The third kappa shape index (κ3) is 3.16. The van der Waals surface area contributed by atoms with Crippen molar-refractivity contribution >= 4 is 29.3 Å². The number of hydrogen-bond donors (Lipinski definition) is 0. The van der Waals surface area contributed by atoms with E-state index < -0.39 is 0 Å². The molecule has 0 aromatic heterocycles. The molecule has 2 heterocycles. The predicted molar refractivity (Wildman–Crippen MR) is 107 cm³/mol. The Labute approximate surface area is 163 Å². The molecule has 0 spiro atoms. The second-order valence-electron chi connectivity index (χ2n) is 7.04. The van der Waals surface area contributed by atoms with Crippen LogP contribution in [0, 0.1) is 13.8 Å². The number of carbonyl (C=O) groups excluding carboxylic acids is 2. The lowest BCUT2D eigenvalue weighted by Gasteiger charge is -2.32. The summed E-state index contributed by atoms with van der Waals surface area (Å²) in [5.74, 6) is -0.567. The molecule has 0 fully saturated rings. The zero-order valence-corrected chi connectivity index (χ0v) is 16.4. The first-order valence-electron chi connectivity index (χ1n) is 8.93. The van der Waals surface area contributed by atoms with Gasteiger partial charge >= 0.3 is 5.97 Å². The fraction of sp³-hybridized carbons (Fsp3) is 0.273. The Morgan fingerprint density at radius 3 is 2.33 bits per heavy atom. The maximum atomic E-state index is 13.1. The van der Waals surface area contributed by atoms with Gasteiger partial charge in [0.15, 0.2) is 0 Å². The lowest BCUT2D eigenvalue weighted by Crippen LogP contribution is -2.37. The minimum absolute atomic E-state index is 0.00371. The number of esters is 1. The molecule has 2 aromatic rings. The van der Waals surface area contributed by atoms with E-state index in [1.807, 2.05) is 56.5 Å². The molecule has 1 amide bonds. The van der Waals surface area contributed by atoms with Crippen molar-refractivity contribution in [2.24, 2.45) is 0 Å². The molecule has 2 aliphatic rings. The molecule has 4 rings (SSSR count). The van der Waals surface area contributed by atoms with Crippen molar-refractivity contribution < 1.29 is 14.3 Å². The predicted octanol–water partition coefficient (Wildman–Crippen LogP) is 4.36. The number of hydrogen-bond acceptors (Lipinski definition) is 4. The number of aryl methyl sites for hydroxylation is 2. The van der Waals surface area contributed by atoms with Gasteiger partial charge in [-0.2, -0.15) is 0 Å². The molecule has 0 saturated heterocycles.